The first-order chi connectivity index (χ1) is 15.7. The van der Waals surface area contributed by atoms with E-state index in [2.05, 4.69) is 4.72 Å². The van der Waals surface area contributed by atoms with Crippen LogP contribution in [-0.2, 0) is 35.0 Å². The number of fused-ring (bicyclic) bond motifs is 1. The van der Waals surface area contributed by atoms with Crippen LogP contribution in [0.3, 0.4) is 0 Å². The molecule has 2 aromatic carbocycles. The van der Waals surface area contributed by atoms with Crippen LogP contribution in [0, 0.1) is 0 Å². The third-order valence-electron chi connectivity index (χ3n) is 5.80. The molecule has 33 heavy (non-hydrogen) atoms. The summed E-state index contributed by atoms with van der Waals surface area (Å²) in [6.45, 7) is 0.785. The Morgan fingerprint density at radius 3 is 2.48 bits per heavy atom. The van der Waals surface area contributed by atoms with Crippen molar-refractivity contribution < 1.29 is 13.2 Å². The van der Waals surface area contributed by atoms with Crippen molar-refractivity contribution in [2.24, 2.45) is 7.05 Å². The number of amides is 1. The van der Waals surface area contributed by atoms with Crippen molar-refractivity contribution in [3.05, 3.63) is 73.9 Å². The fourth-order valence-corrected chi connectivity index (χ4v) is 5.14. The lowest BCUT2D eigenvalue weighted by Crippen LogP contribution is -2.43. The standard InChI is InChI=1S/C22H23ClN4O5S/c1-25-19-9-8-16(33(31,32)24-13-15-6-2-3-7-18(15)23)12-17(19)21(29)27(22(25)30)14-20(28)26-10-4-5-11-26/h2-3,6-9,12,24H,4-5,10-11,13-14H2,1H3. The SMILES string of the molecule is Cn1c(=O)n(CC(=O)N2CCCC2)c(=O)c2cc(S(=O)(=O)NCc3ccccc3Cl)ccc21. The number of rotatable bonds is 6. The predicted octanol–water partition coefficient (Wildman–Crippen LogP) is 1.45. The maximum absolute atomic E-state index is 13.1. The summed E-state index contributed by atoms with van der Waals surface area (Å²) in [6, 6.07) is 10.8. The lowest BCUT2D eigenvalue weighted by atomic mass is 10.2. The van der Waals surface area contributed by atoms with Crippen LogP contribution in [0.25, 0.3) is 10.9 Å². The number of nitrogens with one attached hydrogen (secondary N) is 1. The van der Waals surface area contributed by atoms with Crippen molar-refractivity contribution in [1.29, 1.82) is 0 Å². The van der Waals surface area contributed by atoms with E-state index in [0.717, 1.165) is 17.4 Å². The number of aromatic nitrogens is 2. The number of sulfonamides is 1. The molecule has 0 spiro atoms. The minimum atomic E-state index is -3.97. The minimum absolute atomic E-state index is 0.0259. The molecule has 0 atom stereocenters. The first kappa shape index (κ1) is 23.2. The lowest BCUT2D eigenvalue weighted by molar-refractivity contribution is -0.130. The summed E-state index contributed by atoms with van der Waals surface area (Å²) in [6.07, 6.45) is 1.78. The highest BCUT2D eigenvalue weighted by Gasteiger charge is 2.22. The Bertz CT molecular complexity index is 1460. The van der Waals surface area contributed by atoms with Gasteiger partial charge in [-0.2, -0.15) is 0 Å². The molecule has 0 saturated carbocycles. The van der Waals surface area contributed by atoms with Crippen molar-refractivity contribution in [1.82, 2.24) is 18.8 Å². The van der Waals surface area contributed by atoms with Crippen LogP contribution < -0.4 is 16.0 Å². The molecule has 1 aliphatic rings. The van der Waals surface area contributed by atoms with Gasteiger partial charge in [-0.1, -0.05) is 29.8 Å². The van der Waals surface area contributed by atoms with Gasteiger partial charge in [0.25, 0.3) is 5.56 Å². The zero-order valence-electron chi connectivity index (χ0n) is 18.0. The van der Waals surface area contributed by atoms with Crippen LogP contribution in [0.1, 0.15) is 18.4 Å². The third-order valence-corrected chi connectivity index (χ3v) is 7.56. The molecule has 3 aromatic rings. The Labute approximate surface area is 195 Å². The number of halogens is 1. The predicted molar refractivity (Wildman–Crippen MR) is 125 cm³/mol. The topological polar surface area (TPSA) is 110 Å². The van der Waals surface area contributed by atoms with Crippen molar-refractivity contribution in [3.63, 3.8) is 0 Å². The molecule has 1 aliphatic heterocycles. The van der Waals surface area contributed by atoms with Gasteiger partial charge in [-0.25, -0.2) is 17.9 Å². The summed E-state index contributed by atoms with van der Waals surface area (Å²) in [7, 11) is -2.50. The Morgan fingerprint density at radius 1 is 1.09 bits per heavy atom. The molecule has 4 rings (SSSR count). The maximum Gasteiger partial charge on any atom is 0.331 e. The average Bonchev–Trinajstić information content (AvgIpc) is 3.34. The molecule has 11 heteroatoms. The van der Waals surface area contributed by atoms with Gasteiger partial charge in [0.2, 0.25) is 15.9 Å². The van der Waals surface area contributed by atoms with E-state index in [9.17, 15) is 22.8 Å². The molecular formula is C22H23ClN4O5S. The number of likely N-dealkylation sites (tertiary alicyclic amines) is 1. The van der Waals surface area contributed by atoms with Gasteiger partial charge in [-0.3, -0.25) is 18.7 Å². The molecule has 1 N–H and O–H groups in total. The van der Waals surface area contributed by atoms with E-state index in [0.29, 0.717) is 23.7 Å². The summed E-state index contributed by atoms with van der Waals surface area (Å²) in [5.41, 5.74) is -0.454. The van der Waals surface area contributed by atoms with Gasteiger partial charge in [-0.05, 0) is 42.7 Å². The Kier molecular flexibility index (Phi) is 6.42. The number of hydrogen-bond acceptors (Lipinski definition) is 5. The van der Waals surface area contributed by atoms with Gasteiger partial charge < -0.3 is 4.90 Å². The molecule has 1 saturated heterocycles. The molecule has 0 unspecified atom stereocenters. The summed E-state index contributed by atoms with van der Waals surface area (Å²) < 4.78 is 30.3. The number of benzene rings is 2. The van der Waals surface area contributed by atoms with Crippen molar-refractivity contribution in [2.45, 2.75) is 30.8 Å². The Balaban J connectivity index is 1.70. The van der Waals surface area contributed by atoms with E-state index in [1.54, 1.807) is 29.2 Å². The highest BCUT2D eigenvalue weighted by Crippen LogP contribution is 2.18. The van der Waals surface area contributed by atoms with Crippen LogP contribution in [0.4, 0.5) is 0 Å². The zero-order valence-corrected chi connectivity index (χ0v) is 19.5. The second-order valence-corrected chi connectivity index (χ2v) is 10.1. The first-order valence-electron chi connectivity index (χ1n) is 10.4. The lowest BCUT2D eigenvalue weighted by Gasteiger charge is -2.17. The number of hydrogen-bond donors (Lipinski definition) is 1. The monoisotopic (exact) mass is 490 g/mol. The molecule has 1 fully saturated rings. The molecule has 0 aliphatic carbocycles. The molecule has 2 heterocycles. The summed E-state index contributed by atoms with van der Waals surface area (Å²) in [4.78, 5) is 39.9. The highest BCUT2D eigenvalue weighted by atomic mass is 35.5. The van der Waals surface area contributed by atoms with Crippen LogP contribution in [0.2, 0.25) is 5.02 Å². The molecule has 174 valence electrons. The quantitative estimate of drug-likeness (QED) is 0.562. The van der Waals surface area contributed by atoms with E-state index >= 15 is 0 Å². The Hall–Kier alpha value is -2.95. The fourth-order valence-electron chi connectivity index (χ4n) is 3.90. The molecule has 0 radical (unpaired) electrons. The minimum Gasteiger partial charge on any atom is -0.341 e. The zero-order chi connectivity index (χ0) is 23.8. The van der Waals surface area contributed by atoms with Gasteiger partial charge >= 0.3 is 5.69 Å². The molecule has 1 aromatic heterocycles. The second-order valence-electron chi connectivity index (χ2n) is 7.92. The largest absolute Gasteiger partial charge is 0.341 e. The number of carbonyl (C=O) groups excluding carboxylic acids is 1. The van der Waals surface area contributed by atoms with Crippen LogP contribution >= 0.6 is 11.6 Å². The smallest absolute Gasteiger partial charge is 0.331 e. The average molecular weight is 491 g/mol. The molecule has 1 amide bonds. The van der Waals surface area contributed by atoms with E-state index in [1.807, 2.05) is 0 Å². The van der Waals surface area contributed by atoms with E-state index < -0.39 is 21.3 Å². The summed E-state index contributed by atoms with van der Waals surface area (Å²) in [5.74, 6) is -0.309. The van der Waals surface area contributed by atoms with Crippen molar-refractivity contribution in [2.75, 3.05) is 13.1 Å². The fraction of sp³-hybridized carbons (Fsp3) is 0.318. The van der Waals surface area contributed by atoms with E-state index in [-0.39, 0.29) is 34.8 Å². The van der Waals surface area contributed by atoms with Gasteiger partial charge in [0.1, 0.15) is 6.54 Å². The van der Waals surface area contributed by atoms with E-state index in [1.165, 1.54) is 29.8 Å². The van der Waals surface area contributed by atoms with E-state index in [4.69, 9.17) is 11.6 Å². The maximum atomic E-state index is 13.1. The highest BCUT2D eigenvalue weighted by molar-refractivity contribution is 7.89. The van der Waals surface area contributed by atoms with Crippen LogP contribution in [-0.4, -0.2) is 41.4 Å². The van der Waals surface area contributed by atoms with Gasteiger partial charge in [-0.15, -0.1) is 0 Å². The van der Waals surface area contributed by atoms with Gasteiger partial charge in [0.15, 0.2) is 0 Å². The van der Waals surface area contributed by atoms with Crippen LogP contribution in [0.5, 0.6) is 0 Å². The number of aryl methyl sites for hydroxylation is 1. The Morgan fingerprint density at radius 2 is 1.79 bits per heavy atom. The normalized spacial score (nSPS) is 14.2. The van der Waals surface area contributed by atoms with Gasteiger partial charge in [0, 0.05) is 31.7 Å². The third kappa shape index (κ3) is 4.59. The molecule has 0 bridgehead atoms. The molecular weight excluding hydrogens is 468 g/mol. The van der Waals surface area contributed by atoms with Gasteiger partial charge in [0.05, 0.1) is 15.8 Å². The first-order valence-corrected chi connectivity index (χ1v) is 12.3. The summed E-state index contributed by atoms with van der Waals surface area (Å²) in [5, 5.41) is 0.464. The number of carbonyl (C=O) groups is 1. The molecule has 9 nitrogen and oxygen atoms in total. The van der Waals surface area contributed by atoms with Crippen LogP contribution in [0.15, 0.2) is 56.9 Å². The summed E-state index contributed by atoms with van der Waals surface area (Å²) >= 11 is 6.09. The number of nitrogens with zero attached hydrogens (tertiary/aromatic N) is 3. The second kappa shape index (κ2) is 9.12. The van der Waals surface area contributed by atoms with Crippen molar-refractivity contribution in [3.8, 4) is 0 Å². The van der Waals surface area contributed by atoms with Crippen molar-refractivity contribution >= 4 is 38.4 Å².